The minimum Gasteiger partial charge on any atom is -0.433 e. The van der Waals surface area contributed by atoms with Crippen molar-refractivity contribution in [1.29, 1.82) is 5.26 Å². The number of carbonyl (C=O) groups excluding carboxylic acids is 1. The second-order valence-electron chi connectivity index (χ2n) is 7.60. The first-order chi connectivity index (χ1) is 16.9. The molecule has 0 aliphatic heterocycles. The molecule has 0 saturated heterocycles. The number of nitriles is 1. The van der Waals surface area contributed by atoms with Gasteiger partial charge in [0.05, 0.1) is 22.1 Å². The lowest BCUT2D eigenvalue weighted by molar-refractivity contribution is -0.0436. The summed E-state index contributed by atoms with van der Waals surface area (Å²) in [6.45, 7) is 1.98. The van der Waals surface area contributed by atoms with E-state index in [1.807, 2.05) is 19.1 Å². The number of alkyl halides is 3. The van der Waals surface area contributed by atoms with Gasteiger partial charge < -0.3 is 9.73 Å². The van der Waals surface area contributed by atoms with Crippen LogP contribution in [-0.4, -0.2) is 24.8 Å². The first-order valence-corrected chi connectivity index (χ1v) is 11.8. The summed E-state index contributed by atoms with van der Waals surface area (Å²) >= 11 is 0. The summed E-state index contributed by atoms with van der Waals surface area (Å²) in [5.41, 5.74) is -5.65. The van der Waals surface area contributed by atoms with Crippen molar-refractivity contribution in [1.82, 2.24) is 4.98 Å². The molecule has 0 radical (unpaired) electrons. The highest BCUT2D eigenvalue weighted by Crippen LogP contribution is 2.34. The van der Waals surface area contributed by atoms with Crippen LogP contribution < -0.4 is 5.32 Å². The Morgan fingerprint density at radius 1 is 1.11 bits per heavy atom. The van der Waals surface area contributed by atoms with E-state index in [-0.39, 0.29) is 28.2 Å². The second-order valence-corrected chi connectivity index (χ2v) is 9.51. The van der Waals surface area contributed by atoms with Crippen LogP contribution in [0.25, 0.3) is 22.6 Å². The van der Waals surface area contributed by atoms with Gasteiger partial charge in [-0.3, -0.25) is 4.79 Å². The van der Waals surface area contributed by atoms with Crippen molar-refractivity contribution >= 4 is 32.5 Å². The molecule has 1 aromatic heterocycles. The van der Waals surface area contributed by atoms with Gasteiger partial charge >= 0.3 is 5.51 Å². The third kappa shape index (κ3) is 4.52. The third-order valence-corrected chi connectivity index (χ3v) is 6.80. The number of rotatable bonds is 5. The molecule has 3 aromatic carbocycles. The van der Waals surface area contributed by atoms with Crippen LogP contribution in [0, 0.1) is 17.1 Å². The number of amides is 1. The highest BCUT2D eigenvalue weighted by molar-refractivity contribution is 7.92. The number of oxazole rings is 1. The van der Waals surface area contributed by atoms with Crippen LogP contribution in [-0.2, 0) is 16.3 Å². The molecule has 1 N–H and O–H groups in total. The summed E-state index contributed by atoms with van der Waals surface area (Å²) in [4.78, 5) is 15.7. The van der Waals surface area contributed by atoms with Crippen molar-refractivity contribution in [2.24, 2.45) is 0 Å². The van der Waals surface area contributed by atoms with Gasteiger partial charge in [-0.05, 0) is 48.4 Å². The van der Waals surface area contributed by atoms with E-state index in [1.54, 1.807) is 18.2 Å². The Labute approximate surface area is 201 Å². The third-order valence-electron chi connectivity index (χ3n) is 5.26. The van der Waals surface area contributed by atoms with Gasteiger partial charge in [-0.15, -0.1) is 0 Å². The topological polar surface area (TPSA) is 113 Å². The smallest absolute Gasteiger partial charge is 0.433 e. The molecule has 0 aliphatic rings. The number of aryl methyl sites for hydroxylation is 1. The molecule has 0 bridgehead atoms. The fraction of sp³-hybridized carbons (Fsp3) is 0.125. The molecule has 7 nitrogen and oxygen atoms in total. The van der Waals surface area contributed by atoms with E-state index < -0.39 is 37.5 Å². The fourth-order valence-electron chi connectivity index (χ4n) is 3.40. The average Bonchev–Trinajstić information content (AvgIpc) is 3.27. The van der Waals surface area contributed by atoms with Crippen molar-refractivity contribution in [2.75, 3.05) is 5.32 Å². The van der Waals surface area contributed by atoms with Crippen LogP contribution in [0.1, 0.15) is 28.4 Å². The second kappa shape index (κ2) is 9.09. The SMILES string of the molecule is CCc1ccc(-c2nc3cc(NC(=O)c4cc(C#N)ccc4S(=O)(=O)C(F)(F)F)cc(F)c3o2)cc1. The largest absolute Gasteiger partial charge is 0.501 e. The summed E-state index contributed by atoms with van der Waals surface area (Å²) < 4.78 is 83.5. The Morgan fingerprint density at radius 3 is 2.42 bits per heavy atom. The Hall–Kier alpha value is -4.24. The van der Waals surface area contributed by atoms with E-state index in [9.17, 15) is 30.8 Å². The lowest BCUT2D eigenvalue weighted by atomic mass is 10.1. The van der Waals surface area contributed by atoms with Gasteiger partial charge in [-0.25, -0.2) is 17.8 Å². The molecule has 36 heavy (non-hydrogen) atoms. The number of hydrogen-bond donors (Lipinski definition) is 1. The maximum absolute atomic E-state index is 14.7. The van der Waals surface area contributed by atoms with E-state index in [0.29, 0.717) is 17.7 Å². The maximum Gasteiger partial charge on any atom is 0.501 e. The number of sulfone groups is 1. The van der Waals surface area contributed by atoms with E-state index in [1.165, 1.54) is 6.07 Å². The molecule has 0 atom stereocenters. The standard InChI is InChI=1S/C24H15F4N3O4S/c1-2-13-3-6-15(7-4-13)23-31-19-11-16(10-18(25)21(19)35-23)30-22(32)17-9-14(12-29)5-8-20(17)36(33,34)24(26,27)28/h3-11H,2H2,1H3,(H,30,32). The minimum absolute atomic E-state index is 0.00813. The van der Waals surface area contributed by atoms with Crippen molar-refractivity contribution in [3.63, 3.8) is 0 Å². The van der Waals surface area contributed by atoms with Gasteiger partial charge in [-0.1, -0.05) is 19.1 Å². The zero-order valence-electron chi connectivity index (χ0n) is 18.4. The molecule has 1 amide bonds. The van der Waals surface area contributed by atoms with Gasteiger partial charge in [-0.2, -0.15) is 18.4 Å². The highest BCUT2D eigenvalue weighted by atomic mass is 32.2. The molecular formula is C24H15F4N3O4S. The first-order valence-electron chi connectivity index (χ1n) is 10.3. The maximum atomic E-state index is 14.7. The molecule has 0 fully saturated rings. The highest BCUT2D eigenvalue weighted by Gasteiger charge is 2.48. The summed E-state index contributed by atoms with van der Waals surface area (Å²) in [7, 11) is -5.92. The zero-order valence-corrected chi connectivity index (χ0v) is 19.2. The number of anilines is 1. The van der Waals surface area contributed by atoms with Crippen molar-refractivity contribution < 1.29 is 35.2 Å². The summed E-state index contributed by atoms with van der Waals surface area (Å²) in [5, 5.41) is 11.2. The molecule has 0 spiro atoms. The van der Waals surface area contributed by atoms with Crippen molar-refractivity contribution in [3.8, 4) is 17.5 Å². The van der Waals surface area contributed by atoms with Crippen LogP contribution in [0.5, 0.6) is 0 Å². The number of nitrogens with zero attached hydrogens (tertiary/aromatic N) is 2. The molecule has 184 valence electrons. The van der Waals surface area contributed by atoms with Crippen LogP contribution in [0.3, 0.4) is 0 Å². The number of halogens is 4. The first kappa shape index (κ1) is 24.9. The van der Waals surface area contributed by atoms with Crippen LogP contribution in [0.2, 0.25) is 0 Å². The van der Waals surface area contributed by atoms with Crippen molar-refractivity contribution in [2.45, 2.75) is 23.7 Å². The zero-order chi connectivity index (χ0) is 26.3. The van der Waals surface area contributed by atoms with E-state index in [0.717, 1.165) is 24.1 Å². The lowest BCUT2D eigenvalue weighted by Gasteiger charge is -2.13. The molecule has 0 saturated carbocycles. The van der Waals surface area contributed by atoms with Gasteiger partial charge in [0.2, 0.25) is 5.89 Å². The van der Waals surface area contributed by atoms with Crippen LogP contribution in [0.4, 0.5) is 23.2 Å². The van der Waals surface area contributed by atoms with E-state index >= 15 is 0 Å². The predicted octanol–water partition coefficient (Wildman–Crippen LogP) is 5.61. The number of aromatic nitrogens is 1. The number of nitrogens with one attached hydrogen (secondary N) is 1. The average molecular weight is 517 g/mol. The van der Waals surface area contributed by atoms with Gasteiger partial charge in [0.25, 0.3) is 15.7 Å². The molecular weight excluding hydrogens is 502 g/mol. The van der Waals surface area contributed by atoms with Crippen LogP contribution in [0.15, 0.2) is 63.9 Å². The van der Waals surface area contributed by atoms with E-state index in [2.05, 4.69) is 10.3 Å². The Kier molecular flexibility index (Phi) is 6.28. The Morgan fingerprint density at radius 2 is 1.81 bits per heavy atom. The fourth-order valence-corrected chi connectivity index (χ4v) is 4.34. The molecule has 0 unspecified atom stereocenters. The molecule has 1 heterocycles. The van der Waals surface area contributed by atoms with E-state index in [4.69, 9.17) is 9.68 Å². The lowest BCUT2D eigenvalue weighted by Crippen LogP contribution is -2.26. The summed E-state index contributed by atoms with van der Waals surface area (Å²) in [6.07, 6.45) is 0.814. The molecule has 4 aromatic rings. The number of benzene rings is 3. The van der Waals surface area contributed by atoms with Crippen LogP contribution >= 0.6 is 0 Å². The quantitative estimate of drug-likeness (QED) is 0.344. The van der Waals surface area contributed by atoms with Gasteiger partial charge in [0, 0.05) is 17.3 Å². The van der Waals surface area contributed by atoms with Crippen molar-refractivity contribution in [3.05, 3.63) is 77.1 Å². The monoisotopic (exact) mass is 517 g/mol. The number of hydrogen-bond acceptors (Lipinski definition) is 6. The Balaban J connectivity index is 1.72. The minimum atomic E-state index is -5.92. The Bertz CT molecular complexity index is 1640. The van der Waals surface area contributed by atoms with Gasteiger partial charge in [0.1, 0.15) is 5.52 Å². The molecule has 0 aliphatic carbocycles. The summed E-state index contributed by atoms with van der Waals surface area (Å²) in [6, 6.07) is 13.0. The normalized spacial score (nSPS) is 11.9. The predicted molar refractivity (Wildman–Crippen MR) is 121 cm³/mol. The number of fused-ring (bicyclic) bond motifs is 1. The molecule has 4 rings (SSSR count). The summed E-state index contributed by atoms with van der Waals surface area (Å²) in [5.74, 6) is -2.11. The number of carbonyl (C=O) groups is 1. The molecule has 12 heteroatoms. The van der Waals surface area contributed by atoms with Gasteiger partial charge in [0.15, 0.2) is 11.4 Å².